The van der Waals surface area contributed by atoms with Crippen LogP contribution < -0.4 is 0 Å². The van der Waals surface area contributed by atoms with Crippen LogP contribution in [-0.2, 0) is 9.59 Å². The lowest BCUT2D eigenvalue weighted by molar-refractivity contribution is -0.130. The Morgan fingerprint density at radius 2 is 1.74 bits per heavy atom. The third-order valence-corrected chi connectivity index (χ3v) is 5.20. The zero-order chi connectivity index (χ0) is 14.2. The van der Waals surface area contributed by atoms with Gasteiger partial charge in [-0.3, -0.25) is 9.59 Å². The standard InChI is InChI=1S/C17H28O2/c1-11(18)15(17(2,3)4)10-16(19)14-9-13(14)12-7-5-6-8-12/h12-15H,5-10H2,1-4H3/t13-,14+,15-/m1/s1. The monoisotopic (exact) mass is 264 g/mol. The average molecular weight is 264 g/mol. The van der Waals surface area contributed by atoms with Crippen molar-refractivity contribution in [3.05, 3.63) is 0 Å². The van der Waals surface area contributed by atoms with Gasteiger partial charge in [-0.1, -0.05) is 46.5 Å². The van der Waals surface area contributed by atoms with E-state index in [-0.39, 0.29) is 23.0 Å². The molecular formula is C17H28O2. The smallest absolute Gasteiger partial charge is 0.137 e. The molecule has 2 heteroatoms. The summed E-state index contributed by atoms with van der Waals surface area (Å²) in [6.07, 6.45) is 6.90. The summed E-state index contributed by atoms with van der Waals surface area (Å²) in [4.78, 5) is 24.1. The molecule has 2 saturated carbocycles. The molecule has 19 heavy (non-hydrogen) atoms. The van der Waals surface area contributed by atoms with Gasteiger partial charge in [0.15, 0.2) is 0 Å². The van der Waals surface area contributed by atoms with Crippen molar-refractivity contribution in [3.8, 4) is 0 Å². The molecule has 0 saturated heterocycles. The van der Waals surface area contributed by atoms with Gasteiger partial charge in [-0.2, -0.15) is 0 Å². The molecule has 3 atom stereocenters. The highest BCUT2D eigenvalue weighted by Gasteiger charge is 2.48. The number of rotatable bonds is 5. The first kappa shape index (κ1) is 14.7. The number of carbonyl (C=O) groups excluding carboxylic acids is 2. The predicted octanol–water partition coefficient (Wildman–Crippen LogP) is 4.02. The van der Waals surface area contributed by atoms with Crippen LogP contribution in [0.2, 0.25) is 0 Å². The van der Waals surface area contributed by atoms with Crippen molar-refractivity contribution in [1.29, 1.82) is 0 Å². The lowest BCUT2D eigenvalue weighted by Crippen LogP contribution is -2.30. The minimum absolute atomic E-state index is 0.0980. The first-order valence-electron chi connectivity index (χ1n) is 7.84. The van der Waals surface area contributed by atoms with Crippen LogP contribution in [0.25, 0.3) is 0 Å². The number of Topliss-reactive ketones (excluding diaryl/α,β-unsaturated/α-hetero) is 2. The second kappa shape index (κ2) is 5.38. The minimum atomic E-state index is -0.107. The second-order valence-corrected chi connectivity index (χ2v) is 7.75. The maximum Gasteiger partial charge on any atom is 0.137 e. The first-order chi connectivity index (χ1) is 8.80. The Morgan fingerprint density at radius 3 is 2.21 bits per heavy atom. The van der Waals surface area contributed by atoms with Gasteiger partial charge < -0.3 is 0 Å². The molecule has 0 bridgehead atoms. The van der Waals surface area contributed by atoms with Crippen molar-refractivity contribution in [3.63, 3.8) is 0 Å². The van der Waals surface area contributed by atoms with Crippen molar-refractivity contribution < 1.29 is 9.59 Å². The van der Waals surface area contributed by atoms with Crippen LogP contribution in [0, 0.1) is 29.1 Å². The summed E-state index contributed by atoms with van der Waals surface area (Å²) in [5.74, 6) is 2.16. The lowest BCUT2D eigenvalue weighted by Gasteiger charge is -2.28. The van der Waals surface area contributed by atoms with Crippen LogP contribution in [0.3, 0.4) is 0 Å². The van der Waals surface area contributed by atoms with E-state index in [2.05, 4.69) is 20.8 Å². The van der Waals surface area contributed by atoms with E-state index in [0.29, 0.717) is 18.1 Å². The molecule has 2 aliphatic rings. The summed E-state index contributed by atoms with van der Waals surface area (Å²) in [5, 5.41) is 0. The Hall–Kier alpha value is -0.660. The largest absolute Gasteiger partial charge is 0.300 e. The van der Waals surface area contributed by atoms with E-state index < -0.39 is 0 Å². The summed E-state index contributed by atoms with van der Waals surface area (Å²) >= 11 is 0. The van der Waals surface area contributed by atoms with Crippen LogP contribution in [0.5, 0.6) is 0 Å². The fourth-order valence-electron chi connectivity index (χ4n) is 3.90. The fraction of sp³-hybridized carbons (Fsp3) is 0.882. The summed E-state index contributed by atoms with van der Waals surface area (Å²) in [6.45, 7) is 7.82. The molecule has 0 aromatic heterocycles. The summed E-state index contributed by atoms with van der Waals surface area (Å²) < 4.78 is 0. The third kappa shape index (κ3) is 3.46. The minimum Gasteiger partial charge on any atom is -0.300 e. The third-order valence-electron chi connectivity index (χ3n) is 5.20. The molecule has 2 nitrogen and oxygen atoms in total. The average Bonchev–Trinajstić information content (AvgIpc) is 2.90. The normalized spacial score (nSPS) is 29.3. The zero-order valence-electron chi connectivity index (χ0n) is 12.9. The van der Waals surface area contributed by atoms with Gasteiger partial charge in [0, 0.05) is 18.3 Å². The van der Waals surface area contributed by atoms with Crippen LogP contribution >= 0.6 is 0 Å². The van der Waals surface area contributed by atoms with Gasteiger partial charge in [0.1, 0.15) is 11.6 Å². The zero-order valence-corrected chi connectivity index (χ0v) is 12.9. The number of hydrogen-bond acceptors (Lipinski definition) is 2. The van der Waals surface area contributed by atoms with Crippen LogP contribution in [0.4, 0.5) is 0 Å². The van der Waals surface area contributed by atoms with E-state index >= 15 is 0 Å². The maximum absolute atomic E-state index is 12.4. The Labute approximate surface area is 117 Å². The van der Waals surface area contributed by atoms with Crippen LogP contribution in [-0.4, -0.2) is 11.6 Å². The van der Waals surface area contributed by atoms with Gasteiger partial charge in [-0.15, -0.1) is 0 Å². The molecule has 0 aliphatic heterocycles. The van der Waals surface area contributed by atoms with Crippen molar-refractivity contribution >= 4 is 11.6 Å². The van der Waals surface area contributed by atoms with Gasteiger partial charge in [0.2, 0.25) is 0 Å². The van der Waals surface area contributed by atoms with Crippen LogP contribution in [0.15, 0.2) is 0 Å². The molecule has 2 aliphatic carbocycles. The molecular weight excluding hydrogens is 236 g/mol. The Morgan fingerprint density at radius 1 is 1.16 bits per heavy atom. The molecule has 0 heterocycles. The first-order valence-corrected chi connectivity index (χ1v) is 7.84. The molecule has 0 spiro atoms. The SMILES string of the molecule is CC(=O)[C@@H](CC(=O)[C@H]1C[C@@H]1C1CCCC1)C(C)(C)C. The number of hydrogen-bond donors (Lipinski definition) is 0. The molecule has 0 N–H and O–H groups in total. The van der Waals surface area contributed by atoms with Gasteiger partial charge in [-0.05, 0) is 30.6 Å². The van der Waals surface area contributed by atoms with Gasteiger partial charge in [-0.25, -0.2) is 0 Å². The van der Waals surface area contributed by atoms with Crippen LogP contribution in [0.1, 0.15) is 66.2 Å². The highest BCUT2D eigenvalue weighted by atomic mass is 16.1. The molecule has 0 unspecified atom stereocenters. The van der Waals surface area contributed by atoms with Crippen molar-refractivity contribution in [1.82, 2.24) is 0 Å². The molecule has 108 valence electrons. The predicted molar refractivity (Wildman–Crippen MR) is 76.8 cm³/mol. The highest BCUT2D eigenvalue weighted by Crippen LogP contribution is 2.51. The van der Waals surface area contributed by atoms with E-state index in [0.717, 1.165) is 12.3 Å². The fourth-order valence-corrected chi connectivity index (χ4v) is 3.90. The highest BCUT2D eigenvalue weighted by molar-refractivity contribution is 5.89. The van der Waals surface area contributed by atoms with Gasteiger partial charge >= 0.3 is 0 Å². The molecule has 0 amide bonds. The Bertz CT molecular complexity index is 358. The van der Waals surface area contributed by atoms with E-state index in [1.807, 2.05) is 0 Å². The van der Waals surface area contributed by atoms with E-state index in [1.54, 1.807) is 6.92 Å². The topological polar surface area (TPSA) is 34.1 Å². The Kier molecular flexibility index (Phi) is 4.17. The van der Waals surface area contributed by atoms with E-state index in [9.17, 15) is 9.59 Å². The summed E-state index contributed by atoms with van der Waals surface area (Å²) in [7, 11) is 0. The maximum atomic E-state index is 12.4. The van der Waals surface area contributed by atoms with Crippen molar-refractivity contribution in [2.75, 3.05) is 0 Å². The Balaban J connectivity index is 1.89. The summed E-state index contributed by atoms with van der Waals surface area (Å²) in [6, 6.07) is 0. The molecule has 0 aromatic rings. The molecule has 2 rings (SSSR count). The quantitative estimate of drug-likeness (QED) is 0.751. The van der Waals surface area contributed by atoms with Crippen molar-refractivity contribution in [2.45, 2.75) is 66.2 Å². The molecule has 0 radical (unpaired) electrons. The second-order valence-electron chi connectivity index (χ2n) is 7.75. The molecule has 0 aromatic carbocycles. The van der Waals surface area contributed by atoms with E-state index in [4.69, 9.17) is 0 Å². The van der Waals surface area contributed by atoms with Gasteiger partial charge in [0.25, 0.3) is 0 Å². The summed E-state index contributed by atoms with van der Waals surface area (Å²) in [5.41, 5.74) is -0.0980. The number of carbonyl (C=O) groups is 2. The lowest BCUT2D eigenvalue weighted by atomic mass is 9.75. The van der Waals surface area contributed by atoms with Gasteiger partial charge in [0.05, 0.1) is 0 Å². The molecule has 2 fully saturated rings. The van der Waals surface area contributed by atoms with E-state index in [1.165, 1.54) is 25.7 Å². The number of ketones is 2. The van der Waals surface area contributed by atoms with Crippen molar-refractivity contribution in [2.24, 2.45) is 29.1 Å².